The van der Waals surface area contributed by atoms with Gasteiger partial charge in [-0.2, -0.15) is 0 Å². The van der Waals surface area contributed by atoms with E-state index in [-0.39, 0.29) is 0 Å². The van der Waals surface area contributed by atoms with Gasteiger partial charge in [-0.05, 0) is 37.3 Å². The molecular weight excluding hydrogens is 236 g/mol. The number of allylic oxidation sites excluding steroid dienone is 2. The Hall–Kier alpha value is -2.10. The molecule has 0 aliphatic heterocycles. The van der Waals surface area contributed by atoms with Crippen LogP contribution in [-0.2, 0) is 6.54 Å². The molecule has 0 amide bonds. The van der Waals surface area contributed by atoms with Crippen molar-refractivity contribution in [3.05, 3.63) is 43.0 Å². The summed E-state index contributed by atoms with van der Waals surface area (Å²) in [6, 6.07) is 3.87. The van der Waals surface area contributed by atoms with Crippen molar-refractivity contribution in [2.45, 2.75) is 25.8 Å². The summed E-state index contributed by atoms with van der Waals surface area (Å²) >= 11 is 0. The van der Waals surface area contributed by atoms with Crippen LogP contribution < -0.4 is 5.73 Å². The van der Waals surface area contributed by atoms with Crippen molar-refractivity contribution in [3.63, 3.8) is 0 Å². The van der Waals surface area contributed by atoms with Gasteiger partial charge >= 0.3 is 0 Å². The van der Waals surface area contributed by atoms with Crippen molar-refractivity contribution in [2.75, 3.05) is 5.73 Å². The van der Waals surface area contributed by atoms with Gasteiger partial charge in [0, 0.05) is 18.3 Å². The van der Waals surface area contributed by atoms with Crippen LogP contribution in [0.4, 0.5) is 5.82 Å². The van der Waals surface area contributed by atoms with Crippen LogP contribution in [0.15, 0.2) is 43.0 Å². The smallest absolute Gasteiger partial charge is 0.123 e. The number of hydrogen-bond acceptors (Lipinski definition) is 3. The number of nitrogen functional groups attached to an aromatic ring is 1. The second-order valence-electron chi connectivity index (χ2n) is 5.05. The van der Waals surface area contributed by atoms with Gasteiger partial charge in [-0.15, -0.1) is 0 Å². The SMILES string of the molecule is Nc1cc(-c2cncn2CC2CC=CCC2)ccn1. The first-order valence-corrected chi connectivity index (χ1v) is 6.70. The summed E-state index contributed by atoms with van der Waals surface area (Å²) in [5, 5.41) is 0. The lowest BCUT2D eigenvalue weighted by atomic mass is 9.94. The fourth-order valence-electron chi connectivity index (χ4n) is 2.61. The number of aromatic nitrogens is 3. The highest BCUT2D eigenvalue weighted by atomic mass is 15.0. The first kappa shape index (κ1) is 12.0. The Morgan fingerprint density at radius 2 is 2.32 bits per heavy atom. The average molecular weight is 254 g/mol. The molecule has 19 heavy (non-hydrogen) atoms. The molecule has 1 aliphatic carbocycles. The molecule has 2 aromatic rings. The van der Waals surface area contributed by atoms with Gasteiger partial charge in [0.25, 0.3) is 0 Å². The van der Waals surface area contributed by atoms with Crippen LogP contribution in [0.2, 0.25) is 0 Å². The summed E-state index contributed by atoms with van der Waals surface area (Å²) in [6.45, 7) is 1.02. The number of anilines is 1. The molecule has 98 valence electrons. The molecule has 3 rings (SSSR count). The molecule has 2 N–H and O–H groups in total. The lowest BCUT2D eigenvalue weighted by molar-refractivity contribution is 0.412. The van der Waals surface area contributed by atoms with Crippen LogP contribution >= 0.6 is 0 Å². The highest BCUT2D eigenvalue weighted by molar-refractivity contribution is 5.61. The molecule has 0 fully saturated rings. The van der Waals surface area contributed by atoms with Gasteiger partial charge in [0.1, 0.15) is 5.82 Å². The first-order valence-electron chi connectivity index (χ1n) is 6.70. The first-order chi connectivity index (χ1) is 9.33. The van der Waals surface area contributed by atoms with Crippen LogP contribution in [0.1, 0.15) is 19.3 Å². The molecule has 2 heterocycles. The monoisotopic (exact) mass is 254 g/mol. The molecule has 1 unspecified atom stereocenters. The normalized spacial score (nSPS) is 18.6. The number of hydrogen-bond donors (Lipinski definition) is 1. The van der Waals surface area contributed by atoms with Crippen LogP contribution in [0.3, 0.4) is 0 Å². The predicted molar refractivity (Wildman–Crippen MR) is 76.4 cm³/mol. The van der Waals surface area contributed by atoms with E-state index in [2.05, 4.69) is 26.7 Å². The van der Waals surface area contributed by atoms with E-state index in [1.54, 1.807) is 6.20 Å². The van der Waals surface area contributed by atoms with Crippen LogP contribution in [-0.4, -0.2) is 14.5 Å². The van der Waals surface area contributed by atoms with Crippen molar-refractivity contribution in [1.82, 2.24) is 14.5 Å². The average Bonchev–Trinajstić information content (AvgIpc) is 2.88. The number of imidazole rings is 1. The van der Waals surface area contributed by atoms with Gasteiger partial charge in [-0.1, -0.05) is 12.2 Å². The minimum atomic E-state index is 0.547. The molecule has 0 saturated heterocycles. The number of nitrogens with two attached hydrogens (primary N) is 1. The van der Waals surface area contributed by atoms with E-state index in [0.717, 1.165) is 24.2 Å². The van der Waals surface area contributed by atoms with Crippen LogP contribution in [0, 0.1) is 5.92 Å². The third-order valence-corrected chi connectivity index (χ3v) is 3.62. The van der Waals surface area contributed by atoms with Crippen molar-refractivity contribution >= 4 is 5.82 Å². The lowest BCUT2D eigenvalue weighted by Gasteiger charge is -2.19. The van der Waals surface area contributed by atoms with E-state index in [9.17, 15) is 0 Å². The minimum absolute atomic E-state index is 0.547. The van der Waals surface area contributed by atoms with E-state index in [1.165, 1.54) is 12.8 Å². The Labute approximate surface area is 113 Å². The van der Waals surface area contributed by atoms with Crippen molar-refractivity contribution in [1.29, 1.82) is 0 Å². The number of rotatable bonds is 3. The Bertz CT molecular complexity index is 585. The van der Waals surface area contributed by atoms with Crippen LogP contribution in [0.25, 0.3) is 11.3 Å². The van der Waals surface area contributed by atoms with Gasteiger partial charge in [-0.3, -0.25) is 0 Å². The van der Waals surface area contributed by atoms with Crippen molar-refractivity contribution < 1.29 is 0 Å². The standard InChI is InChI=1S/C15H18N4/c16-15-8-13(6-7-18-15)14-9-17-11-19(14)10-12-4-2-1-3-5-12/h1-2,6-9,11-12H,3-5,10H2,(H2,16,18). The lowest BCUT2D eigenvalue weighted by Crippen LogP contribution is -2.12. The largest absolute Gasteiger partial charge is 0.384 e. The Balaban J connectivity index is 1.84. The zero-order valence-electron chi connectivity index (χ0n) is 10.9. The molecule has 0 aromatic carbocycles. The van der Waals surface area contributed by atoms with Gasteiger partial charge in [0.2, 0.25) is 0 Å². The summed E-state index contributed by atoms with van der Waals surface area (Å²) in [5.74, 6) is 1.25. The maximum Gasteiger partial charge on any atom is 0.123 e. The second kappa shape index (κ2) is 5.26. The van der Waals surface area contributed by atoms with Gasteiger partial charge in [0.15, 0.2) is 0 Å². The van der Waals surface area contributed by atoms with Crippen LogP contribution in [0.5, 0.6) is 0 Å². The minimum Gasteiger partial charge on any atom is -0.384 e. The summed E-state index contributed by atoms with van der Waals surface area (Å²) < 4.78 is 2.22. The Morgan fingerprint density at radius 3 is 3.11 bits per heavy atom. The molecule has 4 nitrogen and oxygen atoms in total. The fourth-order valence-corrected chi connectivity index (χ4v) is 2.61. The number of pyridine rings is 1. The molecule has 2 aromatic heterocycles. The maximum absolute atomic E-state index is 5.75. The fraction of sp³-hybridized carbons (Fsp3) is 0.333. The molecule has 1 atom stereocenters. The Kier molecular flexibility index (Phi) is 3.31. The van der Waals surface area contributed by atoms with E-state index >= 15 is 0 Å². The molecule has 1 aliphatic rings. The predicted octanol–water partition coefficient (Wildman–Crippen LogP) is 2.88. The topological polar surface area (TPSA) is 56.7 Å². The van der Waals surface area contributed by atoms with Crippen molar-refractivity contribution in [3.8, 4) is 11.3 Å². The maximum atomic E-state index is 5.75. The summed E-state index contributed by atoms with van der Waals surface area (Å²) in [6.07, 6.45) is 13.7. The zero-order valence-corrected chi connectivity index (χ0v) is 10.9. The van der Waals surface area contributed by atoms with E-state index < -0.39 is 0 Å². The Morgan fingerprint density at radius 1 is 1.37 bits per heavy atom. The summed E-state index contributed by atoms with van der Waals surface area (Å²) in [7, 11) is 0. The zero-order chi connectivity index (χ0) is 13.1. The van der Waals surface area contributed by atoms with E-state index in [4.69, 9.17) is 5.73 Å². The van der Waals surface area contributed by atoms with Gasteiger partial charge in [-0.25, -0.2) is 9.97 Å². The molecule has 4 heteroatoms. The summed E-state index contributed by atoms with van der Waals surface area (Å²) in [4.78, 5) is 8.31. The van der Waals surface area contributed by atoms with Gasteiger partial charge < -0.3 is 10.3 Å². The number of nitrogens with zero attached hydrogens (tertiary/aromatic N) is 3. The molecule has 0 radical (unpaired) electrons. The highest BCUT2D eigenvalue weighted by Gasteiger charge is 2.13. The van der Waals surface area contributed by atoms with E-state index in [1.807, 2.05) is 24.7 Å². The third kappa shape index (κ3) is 2.67. The summed E-state index contributed by atoms with van der Waals surface area (Å²) in [5.41, 5.74) is 7.94. The quantitative estimate of drug-likeness (QED) is 0.857. The third-order valence-electron chi connectivity index (χ3n) is 3.62. The highest BCUT2D eigenvalue weighted by Crippen LogP contribution is 2.24. The van der Waals surface area contributed by atoms with Gasteiger partial charge in [0.05, 0.1) is 18.2 Å². The van der Waals surface area contributed by atoms with E-state index in [0.29, 0.717) is 11.7 Å². The second-order valence-corrected chi connectivity index (χ2v) is 5.05. The molecule has 0 bridgehead atoms. The van der Waals surface area contributed by atoms with Crippen molar-refractivity contribution in [2.24, 2.45) is 5.92 Å². The molecule has 0 spiro atoms. The molecular formula is C15H18N4. The molecule has 0 saturated carbocycles.